The number of esters is 1. The fourth-order valence-electron chi connectivity index (χ4n) is 2.45. The Labute approximate surface area is 136 Å². The first-order valence-corrected chi connectivity index (χ1v) is 7.65. The van der Waals surface area contributed by atoms with Gasteiger partial charge in [0.1, 0.15) is 0 Å². The summed E-state index contributed by atoms with van der Waals surface area (Å²) >= 11 is 0. The summed E-state index contributed by atoms with van der Waals surface area (Å²) in [6.07, 6.45) is 0.747. The molecule has 0 radical (unpaired) electrons. The third-order valence-electron chi connectivity index (χ3n) is 3.77. The third kappa shape index (κ3) is 4.42. The Bertz CT molecular complexity index is 650. The van der Waals surface area contributed by atoms with Gasteiger partial charge in [0.25, 0.3) is 0 Å². The fourth-order valence-corrected chi connectivity index (χ4v) is 2.45. The molecule has 1 N–H and O–H groups in total. The van der Waals surface area contributed by atoms with Gasteiger partial charge >= 0.3 is 5.97 Å². The lowest BCUT2D eigenvalue weighted by Gasteiger charge is -2.15. The summed E-state index contributed by atoms with van der Waals surface area (Å²) in [7, 11) is 1.35. The van der Waals surface area contributed by atoms with Gasteiger partial charge in [0.05, 0.1) is 18.6 Å². The molecule has 0 saturated carbocycles. The van der Waals surface area contributed by atoms with E-state index in [1.165, 1.54) is 7.11 Å². The maximum atomic E-state index is 12.4. The molecule has 0 fully saturated rings. The van der Waals surface area contributed by atoms with Crippen molar-refractivity contribution in [2.45, 2.75) is 25.8 Å². The van der Waals surface area contributed by atoms with E-state index >= 15 is 0 Å². The van der Waals surface area contributed by atoms with Gasteiger partial charge in [0, 0.05) is 6.54 Å². The average Bonchev–Trinajstić information content (AvgIpc) is 2.61. The minimum Gasteiger partial charge on any atom is -0.465 e. The van der Waals surface area contributed by atoms with Crippen molar-refractivity contribution in [2.75, 3.05) is 7.11 Å². The Balaban J connectivity index is 1.97. The largest absolute Gasteiger partial charge is 0.465 e. The molecular weight excluding hydrogens is 290 g/mol. The number of hydrogen-bond acceptors (Lipinski definition) is 3. The van der Waals surface area contributed by atoms with Crippen LogP contribution in [0.25, 0.3) is 0 Å². The zero-order chi connectivity index (χ0) is 16.7. The van der Waals surface area contributed by atoms with Crippen molar-refractivity contribution in [1.29, 1.82) is 0 Å². The molecule has 0 saturated heterocycles. The first-order chi connectivity index (χ1) is 11.2. The summed E-state index contributed by atoms with van der Waals surface area (Å²) in [6, 6.07) is 16.8. The lowest BCUT2D eigenvalue weighted by atomic mass is 9.95. The van der Waals surface area contributed by atoms with Crippen LogP contribution in [0.2, 0.25) is 0 Å². The quantitative estimate of drug-likeness (QED) is 0.833. The van der Waals surface area contributed by atoms with Crippen LogP contribution in [0.3, 0.4) is 0 Å². The van der Waals surface area contributed by atoms with E-state index in [2.05, 4.69) is 10.1 Å². The molecule has 2 rings (SSSR count). The second kappa shape index (κ2) is 8.13. The molecule has 4 heteroatoms. The number of ether oxygens (including phenoxy) is 1. The van der Waals surface area contributed by atoms with Crippen molar-refractivity contribution in [3.8, 4) is 0 Å². The van der Waals surface area contributed by atoms with Gasteiger partial charge in [-0.3, -0.25) is 4.79 Å². The number of carbonyl (C=O) groups is 2. The summed E-state index contributed by atoms with van der Waals surface area (Å²) in [5.74, 6) is -0.503. The van der Waals surface area contributed by atoms with Gasteiger partial charge in [0.2, 0.25) is 5.91 Å². The molecule has 1 atom stereocenters. The van der Waals surface area contributed by atoms with E-state index in [0.717, 1.165) is 17.5 Å². The van der Waals surface area contributed by atoms with Crippen molar-refractivity contribution in [1.82, 2.24) is 5.32 Å². The zero-order valence-electron chi connectivity index (χ0n) is 13.4. The minimum absolute atomic E-state index is 0.00995. The first-order valence-electron chi connectivity index (χ1n) is 7.65. The molecule has 120 valence electrons. The van der Waals surface area contributed by atoms with Gasteiger partial charge in [-0.2, -0.15) is 0 Å². The second-order valence-electron chi connectivity index (χ2n) is 5.28. The molecule has 0 spiro atoms. The Morgan fingerprint density at radius 3 is 2.26 bits per heavy atom. The van der Waals surface area contributed by atoms with Crippen LogP contribution in [0.4, 0.5) is 0 Å². The molecule has 0 aliphatic carbocycles. The lowest BCUT2D eigenvalue weighted by Crippen LogP contribution is -2.28. The fraction of sp³-hybridized carbons (Fsp3) is 0.263. The van der Waals surface area contributed by atoms with Crippen molar-refractivity contribution in [3.05, 3.63) is 71.3 Å². The van der Waals surface area contributed by atoms with Crippen molar-refractivity contribution >= 4 is 11.9 Å². The number of rotatable bonds is 6. The highest BCUT2D eigenvalue weighted by Crippen LogP contribution is 2.19. The van der Waals surface area contributed by atoms with Gasteiger partial charge in [0.15, 0.2) is 0 Å². The number of benzene rings is 2. The lowest BCUT2D eigenvalue weighted by molar-refractivity contribution is -0.122. The Morgan fingerprint density at radius 2 is 1.70 bits per heavy atom. The highest BCUT2D eigenvalue weighted by molar-refractivity contribution is 5.89. The van der Waals surface area contributed by atoms with Crippen LogP contribution in [0, 0.1) is 0 Å². The molecule has 0 bridgehead atoms. The average molecular weight is 311 g/mol. The Morgan fingerprint density at radius 1 is 1.04 bits per heavy atom. The van der Waals surface area contributed by atoms with Crippen LogP contribution in [0.15, 0.2) is 54.6 Å². The summed E-state index contributed by atoms with van der Waals surface area (Å²) < 4.78 is 4.66. The number of hydrogen-bond donors (Lipinski definition) is 1. The van der Waals surface area contributed by atoms with Crippen LogP contribution in [0.5, 0.6) is 0 Å². The highest BCUT2D eigenvalue weighted by atomic mass is 16.5. The molecule has 0 aliphatic heterocycles. The maximum absolute atomic E-state index is 12.4. The molecule has 0 aromatic heterocycles. The first kappa shape index (κ1) is 16.7. The summed E-state index contributed by atoms with van der Waals surface area (Å²) in [6.45, 7) is 2.44. The molecule has 0 heterocycles. The Kier molecular flexibility index (Phi) is 5.92. The van der Waals surface area contributed by atoms with E-state index in [1.54, 1.807) is 12.1 Å². The number of methoxy groups -OCH3 is 1. The van der Waals surface area contributed by atoms with Crippen molar-refractivity contribution in [3.63, 3.8) is 0 Å². The zero-order valence-corrected chi connectivity index (χ0v) is 13.4. The summed E-state index contributed by atoms with van der Waals surface area (Å²) in [5.41, 5.74) is 2.46. The molecule has 2 aromatic rings. The molecule has 23 heavy (non-hydrogen) atoms. The molecule has 0 aliphatic rings. The molecule has 0 unspecified atom stereocenters. The predicted molar refractivity (Wildman–Crippen MR) is 89.1 cm³/mol. The van der Waals surface area contributed by atoms with Gasteiger partial charge < -0.3 is 10.1 Å². The third-order valence-corrected chi connectivity index (χ3v) is 3.77. The Hall–Kier alpha value is -2.62. The highest BCUT2D eigenvalue weighted by Gasteiger charge is 2.17. The van der Waals surface area contributed by atoms with E-state index in [1.807, 2.05) is 49.4 Å². The SMILES string of the molecule is CC[C@H](C(=O)NCc1ccc(C(=O)OC)cc1)c1ccccc1. The van der Waals surface area contributed by atoms with Crippen LogP contribution in [-0.4, -0.2) is 19.0 Å². The van der Waals surface area contributed by atoms with Crippen LogP contribution in [0.1, 0.15) is 40.7 Å². The van der Waals surface area contributed by atoms with Crippen molar-refractivity contribution in [2.24, 2.45) is 0 Å². The van der Waals surface area contributed by atoms with E-state index in [4.69, 9.17) is 0 Å². The van der Waals surface area contributed by atoms with Gasteiger partial charge in [-0.15, -0.1) is 0 Å². The number of amides is 1. The summed E-state index contributed by atoms with van der Waals surface area (Å²) in [4.78, 5) is 23.8. The maximum Gasteiger partial charge on any atom is 0.337 e. The van der Waals surface area contributed by atoms with Crippen LogP contribution in [-0.2, 0) is 16.1 Å². The van der Waals surface area contributed by atoms with E-state index in [-0.39, 0.29) is 17.8 Å². The minimum atomic E-state index is -0.365. The standard InChI is InChI=1S/C19H21NO3/c1-3-17(15-7-5-4-6-8-15)18(21)20-13-14-9-11-16(12-10-14)19(22)23-2/h4-12,17H,3,13H2,1-2H3,(H,20,21)/t17-/m0/s1. The molecule has 1 amide bonds. The molecule has 2 aromatic carbocycles. The van der Waals surface area contributed by atoms with Gasteiger partial charge in [-0.25, -0.2) is 4.79 Å². The van der Waals surface area contributed by atoms with E-state index in [0.29, 0.717) is 12.1 Å². The second-order valence-corrected chi connectivity index (χ2v) is 5.28. The van der Waals surface area contributed by atoms with Gasteiger partial charge in [-0.05, 0) is 29.7 Å². The van der Waals surface area contributed by atoms with E-state index < -0.39 is 0 Å². The smallest absolute Gasteiger partial charge is 0.337 e. The molecular formula is C19H21NO3. The topological polar surface area (TPSA) is 55.4 Å². The van der Waals surface area contributed by atoms with Gasteiger partial charge in [-0.1, -0.05) is 49.4 Å². The van der Waals surface area contributed by atoms with E-state index in [9.17, 15) is 9.59 Å². The monoisotopic (exact) mass is 311 g/mol. The number of nitrogens with one attached hydrogen (secondary N) is 1. The normalized spacial score (nSPS) is 11.6. The summed E-state index contributed by atoms with van der Waals surface area (Å²) in [5, 5.41) is 2.96. The van der Waals surface area contributed by atoms with Crippen molar-refractivity contribution < 1.29 is 14.3 Å². The molecule has 4 nitrogen and oxygen atoms in total. The predicted octanol–water partition coefficient (Wildman–Crippen LogP) is 3.28. The number of carbonyl (C=O) groups excluding carboxylic acids is 2. The van der Waals surface area contributed by atoms with Crippen LogP contribution >= 0.6 is 0 Å². The van der Waals surface area contributed by atoms with Crippen LogP contribution < -0.4 is 5.32 Å².